The third kappa shape index (κ3) is 3.78. The van der Waals surface area contributed by atoms with Gasteiger partial charge in [-0.2, -0.15) is 4.31 Å². The van der Waals surface area contributed by atoms with Crippen molar-refractivity contribution in [3.05, 3.63) is 71.5 Å². The molecular formula is C19H16BrFN2O4S. The van der Waals surface area contributed by atoms with Crippen molar-refractivity contribution in [3.63, 3.8) is 0 Å². The highest BCUT2D eigenvalue weighted by atomic mass is 79.9. The summed E-state index contributed by atoms with van der Waals surface area (Å²) in [7, 11) is -4.14. The van der Waals surface area contributed by atoms with E-state index in [4.69, 9.17) is 0 Å². The van der Waals surface area contributed by atoms with Crippen LogP contribution in [0.2, 0.25) is 0 Å². The van der Waals surface area contributed by atoms with Gasteiger partial charge in [-0.1, -0.05) is 22.0 Å². The van der Waals surface area contributed by atoms with Gasteiger partial charge in [-0.25, -0.2) is 17.7 Å². The summed E-state index contributed by atoms with van der Waals surface area (Å²) < 4.78 is 40.9. The summed E-state index contributed by atoms with van der Waals surface area (Å²) in [6, 6.07) is 9.62. The molecule has 1 saturated heterocycles. The second kappa shape index (κ2) is 7.94. The monoisotopic (exact) mass is 466 g/mol. The van der Waals surface area contributed by atoms with Crippen molar-refractivity contribution in [1.82, 2.24) is 4.31 Å². The van der Waals surface area contributed by atoms with Gasteiger partial charge in [0.15, 0.2) is 0 Å². The Balaban J connectivity index is 1.97. The number of amides is 2. The van der Waals surface area contributed by atoms with Crippen molar-refractivity contribution in [2.75, 3.05) is 11.4 Å². The lowest BCUT2D eigenvalue weighted by atomic mass is 10.2. The molecule has 1 heterocycles. The Kier molecular flexibility index (Phi) is 5.78. The first-order valence-corrected chi connectivity index (χ1v) is 10.5. The molecule has 9 heteroatoms. The number of carbonyl (C=O) groups excluding carboxylic acids is 2. The van der Waals surface area contributed by atoms with Crippen molar-refractivity contribution in [2.24, 2.45) is 0 Å². The molecule has 0 aliphatic carbocycles. The van der Waals surface area contributed by atoms with Crippen molar-refractivity contribution in [3.8, 4) is 0 Å². The quantitative estimate of drug-likeness (QED) is 0.484. The summed E-state index contributed by atoms with van der Waals surface area (Å²) in [5.74, 6) is -1.72. The lowest BCUT2D eigenvalue weighted by Gasteiger charge is -2.25. The van der Waals surface area contributed by atoms with E-state index in [1.54, 1.807) is 24.3 Å². The van der Waals surface area contributed by atoms with Crippen LogP contribution >= 0.6 is 15.9 Å². The number of hydrogen-bond donors (Lipinski definition) is 0. The van der Waals surface area contributed by atoms with E-state index < -0.39 is 33.7 Å². The molecule has 28 heavy (non-hydrogen) atoms. The fourth-order valence-corrected chi connectivity index (χ4v) is 4.78. The molecule has 2 aromatic rings. The van der Waals surface area contributed by atoms with Crippen LogP contribution in [-0.2, 0) is 19.6 Å². The molecule has 0 bridgehead atoms. The molecule has 2 aromatic carbocycles. The number of rotatable bonds is 6. The van der Waals surface area contributed by atoms with Gasteiger partial charge in [0.05, 0.1) is 17.0 Å². The standard InChI is InChI=1S/C19H16BrFN2O4S/c1-2-11-22(28(26,27)16-9-5-14(21)6-10-16)17-12-18(24)23(19(17)25)15-7-3-13(20)4-8-15/h2-10,17H,1,11-12H2. The molecular weight excluding hydrogens is 451 g/mol. The Labute approximate surface area is 170 Å². The summed E-state index contributed by atoms with van der Waals surface area (Å²) in [6.45, 7) is 3.37. The largest absolute Gasteiger partial charge is 0.274 e. The first-order chi connectivity index (χ1) is 13.3. The molecule has 1 aliphatic heterocycles. The number of benzene rings is 2. The molecule has 1 aliphatic rings. The summed E-state index contributed by atoms with van der Waals surface area (Å²) in [4.78, 5) is 26.2. The Morgan fingerprint density at radius 1 is 1.14 bits per heavy atom. The van der Waals surface area contributed by atoms with Crippen molar-refractivity contribution in [1.29, 1.82) is 0 Å². The molecule has 1 atom stereocenters. The molecule has 0 spiro atoms. The molecule has 146 valence electrons. The number of sulfonamides is 1. The maximum absolute atomic E-state index is 13.2. The Hall–Kier alpha value is -2.36. The molecule has 1 fully saturated rings. The smallest absolute Gasteiger partial charge is 0.252 e. The Bertz CT molecular complexity index is 1020. The first kappa shape index (κ1) is 20.4. The maximum Gasteiger partial charge on any atom is 0.252 e. The number of anilines is 1. The minimum Gasteiger partial charge on any atom is -0.274 e. The van der Waals surface area contributed by atoms with Gasteiger partial charge in [-0.05, 0) is 48.5 Å². The van der Waals surface area contributed by atoms with Gasteiger partial charge in [-0.3, -0.25) is 9.59 Å². The number of halogens is 2. The second-order valence-corrected chi connectivity index (χ2v) is 8.89. The van der Waals surface area contributed by atoms with Crippen molar-refractivity contribution in [2.45, 2.75) is 17.4 Å². The first-order valence-electron chi connectivity index (χ1n) is 8.26. The summed E-state index contributed by atoms with van der Waals surface area (Å²) >= 11 is 3.28. The van der Waals surface area contributed by atoms with Gasteiger partial charge in [0.25, 0.3) is 5.91 Å². The fraction of sp³-hybridized carbons (Fsp3) is 0.158. The lowest BCUT2D eigenvalue weighted by Crippen LogP contribution is -2.45. The van der Waals surface area contributed by atoms with Gasteiger partial charge < -0.3 is 0 Å². The zero-order valence-electron chi connectivity index (χ0n) is 14.6. The van der Waals surface area contributed by atoms with Crippen LogP contribution in [0.5, 0.6) is 0 Å². The van der Waals surface area contributed by atoms with Gasteiger partial charge in [-0.15, -0.1) is 6.58 Å². The highest BCUT2D eigenvalue weighted by Crippen LogP contribution is 2.30. The molecule has 1 unspecified atom stereocenters. The topological polar surface area (TPSA) is 74.8 Å². The molecule has 2 amide bonds. The van der Waals surface area contributed by atoms with Crippen LogP contribution in [0.4, 0.5) is 10.1 Å². The summed E-state index contributed by atoms with van der Waals surface area (Å²) in [5, 5.41) is 0. The third-order valence-electron chi connectivity index (χ3n) is 4.28. The maximum atomic E-state index is 13.2. The highest BCUT2D eigenvalue weighted by Gasteiger charge is 2.46. The Morgan fingerprint density at radius 3 is 2.32 bits per heavy atom. The van der Waals surface area contributed by atoms with Gasteiger partial charge >= 0.3 is 0 Å². The predicted octanol–water partition coefficient (Wildman–Crippen LogP) is 3.10. The van der Waals surface area contributed by atoms with E-state index in [1.165, 1.54) is 6.08 Å². The SMILES string of the molecule is C=CCN(C1CC(=O)N(c2ccc(Br)cc2)C1=O)S(=O)(=O)c1ccc(F)cc1. The minimum absolute atomic E-state index is 0.168. The number of hydrogen-bond acceptors (Lipinski definition) is 4. The van der Waals surface area contributed by atoms with Crippen molar-refractivity contribution >= 4 is 43.5 Å². The number of nitrogens with zero attached hydrogens (tertiary/aromatic N) is 2. The Morgan fingerprint density at radius 2 is 1.75 bits per heavy atom. The zero-order valence-corrected chi connectivity index (χ0v) is 17.0. The number of carbonyl (C=O) groups is 2. The minimum atomic E-state index is -4.14. The van der Waals surface area contributed by atoms with Crippen LogP contribution in [0.15, 0.2) is 70.6 Å². The van der Waals surface area contributed by atoms with Crippen LogP contribution in [0, 0.1) is 5.82 Å². The van der Waals surface area contributed by atoms with E-state index in [0.29, 0.717) is 5.69 Å². The molecule has 0 N–H and O–H groups in total. The summed E-state index contributed by atoms with van der Waals surface area (Å²) in [5.41, 5.74) is 0.360. The van der Waals surface area contributed by atoms with Crippen LogP contribution in [-0.4, -0.2) is 37.1 Å². The highest BCUT2D eigenvalue weighted by molar-refractivity contribution is 9.10. The molecule has 0 saturated carbocycles. The van der Waals surface area contributed by atoms with Gasteiger partial charge in [0.1, 0.15) is 11.9 Å². The van der Waals surface area contributed by atoms with E-state index in [0.717, 1.165) is 37.9 Å². The lowest BCUT2D eigenvalue weighted by molar-refractivity contribution is -0.122. The molecule has 6 nitrogen and oxygen atoms in total. The van der Waals surface area contributed by atoms with E-state index in [-0.39, 0.29) is 17.9 Å². The van der Waals surface area contributed by atoms with Gasteiger partial charge in [0, 0.05) is 11.0 Å². The van der Waals surface area contributed by atoms with Crippen LogP contribution in [0.25, 0.3) is 0 Å². The van der Waals surface area contributed by atoms with E-state index >= 15 is 0 Å². The summed E-state index contributed by atoms with van der Waals surface area (Å²) in [6.07, 6.45) is 1.05. The average Bonchev–Trinajstić information content (AvgIpc) is 2.95. The van der Waals surface area contributed by atoms with Gasteiger partial charge in [0.2, 0.25) is 15.9 Å². The van der Waals surface area contributed by atoms with Crippen LogP contribution in [0.1, 0.15) is 6.42 Å². The molecule has 0 aromatic heterocycles. The van der Waals surface area contributed by atoms with Crippen LogP contribution < -0.4 is 4.90 Å². The number of imide groups is 1. The van der Waals surface area contributed by atoms with Crippen LogP contribution in [0.3, 0.4) is 0 Å². The average molecular weight is 467 g/mol. The predicted molar refractivity (Wildman–Crippen MR) is 106 cm³/mol. The normalized spacial score (nSPS) is 17.4. The zero-order chi connectivity index (χ0) is 20.5. The molecule has 0 radical (unpaired) electrons. The van der Waals surface area contributed by atoms with E-state index in [1.807, 2.05) is 0 Å². The molecule has 3 rings (SSSR count). The van der Waals surface area contributed by atoms with E-state index in [9.17, 15) is 22.4 Å². The fourth-order valence-electron chi connectivity index (χ4n) is 2.96. The van der Waals surface area contributed by atoms with E-state index in [2.05, 4.69) is 22.5 Å². The van der Waals surface area contributed by atoms with Crippen molar-refractivity contribution < 1.29 is 22.4 Å². The third-order valence-corrected chi connectivity index (χ3v) is 6.70. The second-order valence-electron chi connectivity index (χ2n) is 6.08.